The maximum absolute atomic E-state index is 12.7. The minimum Gasteiger partial charge on any atom is -0.497 e. The molecule has 1 N–H and O–H groups in total. The molecule has 0 saturated heterocycles. The van der Waals surface area contributed by atoms with Crippen LogP contribution in [0.2, 0.25) is 0 Å². The number of methoxy groups -OCH3 is 1. The smallest absolute Gasteiger partial charge is 0.243 e. The van der Waals surface area contributed by atoms with Gasteiger partial charge in [0.25, 0.3) is 0 Å². The molecule has 0 aliphatic carbocycles. The lowest BCUT2D eigenvalue weighted by Crippen LogP contribution is -2.38. The van der Waals surface area contributed by atoms with Gasteiger partial charge in [-0.1, -0.05) is 12.1 Å². The molecule has 0 saturated carbocycles. The predicted octanol–water partition coefficient (Wildman–Crippen LogP) is 3.24. The monoisotopic (exact) mass is 410 g/mol. The summed E-state index contributed by atoms with van der Waals surface area (Å²) in [5, 5.41) is 5.41. The SMILES string of the molecule is CCN(CC(=O)Nc1cccc(OC)c1)C(=O)Cc1csc(-c2ccccn2)n1. The van der Waals surface area contributed by atoms with Gasteiger partial charge in [0.15, 0.2) is 0 Å². The zero-order chi connectivity index (χ0) is 20.6. The minimum atomic E-state index is -0.263. The first-order chi connectivity index (χ1) is 14.1. The maximum Gasteiger partial charge on any atom is 0.243 e. The van der Waals surface area contributed by atoms with Crippen molar-refractivity contribution in [2.45, 2.75) is 13.3 Å². The van der Waals surface area contributed by atoms with Gasteiger partial charge in [0.05, 0.1) is 31.5 Å². The molecule has 0 fully saturated rings. The standard InChI is InChI=1S/C21H22N4O3S/c1-3-25(13-19(26)23-15-7-6-8-17(11-15)28-2)20(27)12-16-14-29-21(24-16)18-9-4-5-10-22-18/h4-11,14H,3,12-13H2,1-2H3,(H,23,26). The Morgan fingerprint density at radius 1 is 1.21 bits per heavy atom. The van der Waals surface area contributed by atoms with E-state index < -0.39 is 0 Å². The molecule has 150 valence electrons. The first-order valence-electron chi connectivity index (χ1n) is 9.16. The van der Waals surface area contributed by atoms with E-state index in [2.05, 4.69) is 15.3 Å². The van der Waals surface area contributed by atoms with Gasteiger partial charge in [-0.15, -0.1) is 11.3 Å². The number of anilines is 1. The topological polar surface area (TPSA) is 84.4 Å². The average molecular weight is 410 g/mol. The predicted molar refractivity (Wildman–Crippen MR) is 113 cm³/mol. The van der Waals surface area contributed by atoms with Crippen molar-refractivity contribution in [1.82, 2.24) is 14.9 Å². The van der Waals surface area contributed by atoms with Gasteiger partial charge >= 0.3 is 0 Å². The number of ether oxygens (including phenoxy) is 1. The van der Waals surface area contributed by atoms with Crippen molar-refractivity contribution in [3.63, 3.8) is 0 Å². The van der Waals surface area contributed by atoms with Crippen LogP contribution in [0.1, 0.15) is 12.6 Å². The van der Waals surface area contributed by atoms with Crippen molar-refractivity contribution >= 4 is 28.8 Å². The third-order valence-corrected chi connectivity index (χ3v) is 5.10. The Kier molecular flexibility index (Phi) is 6.91. The highest BCUT2D eigenvalue weighted by molar-refractivity contribution is 7.13. The zero-order valence-electron chi connectivity index (χ0n) is 16.3. The van der Waals surface area contributed by atoms with Gasteiger partial charge in [-0.3, -0.25) is 14.6 Å². The summed E-state index contributed by atoms with van der Waals surface area (Å²) >= 11 is 1.45. The Hall–Kier alpha value is -3.26. The second kappa shape index (κ2) is 9.79. The highest BCUT2D eigenvalue weighted by atomic mass is 32.1. The number of nitrogens with one attached hydrogen (secondary N) is 1. The number of thiazole rings is 1. The molecule has 8 heteroatoms. The number of carbonyl (C=O) groups excluding carboxylic acids is 2. The fourth-order valence-electron chi connectivity index (χ4n) is 2.71. The fourth-order valence-corrected chi connectivity index (χ4v) is 3.51. The number of benzene rings is 1. The first-order valence-corrected chi connectivity index (χ1v) is 10.0. The summed E-state index contributed by atoms with van der Waals surface area (Å²) in [6, 6.07) is 12.7. The Bertz CT molecular complexity index is 975. The average Bonchev–Trinajstić information content (AvgIpc) is 3.21. The van der Waals surface area contributed by atoms with Gasteiger partial charge < -0.3 is 15.0 Å². The number of nitrogens with zero attached hydrogens (tertiary/aromatic N) is 3. The van der Waals surface area contributed by atoms with Crippen LogP contribution in [0.25, 0.3) is 10.7 Å². The van der Waals surface area contributed by atoms with E-state index in [1.807, 2.05) is 30.5 Å². The van der Waals surface area contributed by atoms with Crippen LogP contribution in [0, 0.1) is 0 Å². The molecular formula is C21H22N4O3S. The van der Waals surface area contributed by atoms with Crippen LogP contribution in [0.4, 0.5) is 5.69 Å². The number of carbonyl (C=O) groups is 2. The molecule has 3 rings (SSSR count). The van der Waals surface area contributed by atoms with E-state index in [0.29, 0.717) is 23.7 Å². The number of likely N-dealkylation sites (N-methyl/N-ethyl adjacent to an activating group) is 1. The van der Waals surface area contributed by atoms with Crippen LogP contribution in [0.15, 0.2) is 54.0 Å². The van der Waals surface area contributed by atoms with E-state index in [1.54, 1.807) is 37.6 Å². The molecule has 0 aliphatic rings. The summed E-state index contributed by atoms with van der Waals surface area (Å²) in [6.45, 7) is 2.25. The molecule has 3 aromatic rings. The van der Waals surface area contributed by atoms with Crippen molar-refractivity contribution in [2.24, 2.45) is 0 Å². The van der Waals surface area contributed by atoms with Crippen LogP contribution < -0.4 is 10.1 Å². The second-order valence-electron chi connectivity index (χ2n) is 6.22. The molecule has 0 radical (unpaired) electrons. The lowest BCUT2D eigenvalue weighted by atomic mass is 10.2. The summed E-state index contributed by atoms with van der Waals surface area (Å²) in [5.41, 5.74) is 2.07. The van der Waals surface area contributed by atoms with Crippen molar-refractivity contribution in [3.05, 3.63) is 59.7 Å². The number of hydrogen-bond donors (Lipinski definition) is 1. The second-order valence-corrected chi connectivity index (χ2v) is 7.08. The van der Waals surface area contributed by atoms with Gasteiger partial charge in [-0.05, 0) is 31.2 Å². The molecule has 0 unspecified atom stereocenters. The summed E-state index contributed by atoms with van der Waals surface area (Å²) in [6.07, 6.45) is 1.85. The van der Waals surface area contributed by atoms with E-state index in [9.17, 15) is 9.59 Å². The third-order valence-electron chi connectivity index (χ3n) is 4.19. The Morgan fingerprint density at radius 2 is 2.07 bits per heavy atom. The van der Waals surface area contributed by atoms with Gasteiger partial charge in [0.1, 0.15) is 10.8 Å². The quantitative estimate of drug-likeness (QED) is 0.616. The normalized spacial score (nSPS) is 10.4. The van der Waals surface area contributed by atoms with Gasteiger partial charge in [0.2, 0.25) is 11.8 Å². The summed E-state index contributed by atoms with van der Waals surface area (Å²) in [5.74, 6) is 0.241. The minimum absolute atomic E-state index is 0.0240. The van der Waals surface area contributed by atoms with Crippen molar-refractivity contribution in [3.8, 4) is 16.5 Å². The molecule has 0 aliphatic heterocycles. The fraction of sp³-hybridized carbons (Fsp3) is 0.238. The number of rotatable bonds is 8. The molecule has 2 amide bonds. The molecule has 0 atom stereocenters. The van der Waals surface area contributed by atoms with Gasteiger partial charge in [0, 0.05) is 29.9 Å². The Balaban J connectivity index is 1.58. The summed E-state index contributed by atoms with van der Waals surface area (Å²) < 4.78 is 5.15. The third kappa shape index (κ3) is 5.61. The molecule has 2 heterocycles. The van der Waals surface area contributed by atoms with E-state index >= 15 is 0 Å². The highest BCUT2D eigenvalue weighted by Crippen LogP contribution is 2.22. The van der Waals surface area contributed by atoms with Crippen LogP contribution in [0.3, 0.4) is 0 Å². The largest absolute Gasteiger partial charge is 0.497 e. The van der Waals surface area contributed by atoms with Gasteiger partial charge in [-0.2, -0.15) is 0 Å². The van der Waals surface area contributed by atoms with Crippen molar-refractivity contribution in [2.75, 3.05) is 25.5 Å². The maximum atomic E-state index is 12.7. The lowest BCUT2D eigenvalue weighted by Gasteiger charge is -2.20. The highest BCUT2D eigenvalue weighted by Gasteiger charge is 2.18. The number of pyridine rings is 1. The van der Waals surface area contributed by atoms with Crippen LogP contribution in [-0.2, 0) is 16.0 Å². The van der Waals surface area contributed by atoms with Gasteiger partial charge in [-0.25, -0.2) is 4.98 Å². The molecular weight excluding hydrogens is 388 g/mol. The summed E-state index contributed by atoms with van der Waals surface area (Å²) in [7, 11) is 1.57. The molecule has 0 spiro atoms. The zero-order valence-corrected chi connectivity index (χ0v) is 17.1. The molecule has 0 bridgehead atoms. The van der Waals surface area contributed by atoms with E-state index in [-0.39, 0.29) is 24.8 Å². The Morgan fingerprint density at radius 3 is 2.79 bits per heavy atom. The number of amides is 2. The van der Waals surface area contributed by atoms with E-state index in [1.165, 1.54) is 16.2 Å². The first kappa shape index (κ1) is 20.5. The molecule has 7 nitrogen and oxygen atoms in total. The Labute approximate surface area is 173 Å². The van der Waals surface area contributed by atoms with Crippen molar-refractivity contribution < 1.29 is 14.3 Å². The van der Waals surface area contributed by atoms with Crippen LogP contribution >= 0.6 is 11.3 Å². The lowest BCUT2D eigenvalue weighted by molar-refractivity contribution is -0.133. The molecule has 1 aromatic carbocycles. The van der Waals surface area contributed by atoms with E-state index in [4.69, 9.17) is 4.74 Å². The molecule has 29 heavy (non-hydrogen) atoms. The molecule has 2 aromatic heterocycles. The van der Waals surface area contributed by atoms with Crippen molar-refractivity contribution in [1.29, 1.82) is 0 Å². The van der Waals surface area contributed by atoms with Crippen LogP contribution in [0.5, 0.6) is 5.75 Å². The number of aromatic nitrogens is 2. The van der Waals surface area contributed by atoms with Crippen LogP contribution in [-0.4, -0.2) is 46.9 Å². The van der Waals surface area contributed by atoms with E-state index in [0.717, 1.165) is 10.7 Å². The summed E-state index contributed by atoms with van der Waals surface area (Å²) in [4.78, 5) is 35.3. The number of hydrogen-bond acceptors (Lipinski definition) is 6.